The summed E-state index contributed by atoms with van der Waals surface area (Å²) >= 11 is 4.02. The maximum atomic E-state index is 11.5. The second-order valence-corrected chi connectivity index (χ2v) is 11.5. The number of fused-ring (bicyclic) bond motifs is 3. The molecule has 4 rings (SSSR count). The maximum absolute atomic E-state index is 11.5. The zero-order chi connectivity index (χ0) is 17.5. The Morgan fingerprint density at radius 1 is 1.17 bits per heavy atom. The Labute approximate surface area is 156 Å². The number of hydrogen-bond acceptors (Lipinski definition) is 2. The van der Waals surface area contributed by atoms with Crippen molar-refractivity contribution in [3.05, 3.63) is 0 Å². The van der Waals surface area contributed by atoms with Crippen LogP contribution in [0.15, 0.2) is 0 Å². The molecule has 4 aliphatic carbocycles. The average molecular weight is 399 g/mol. The number of alkyl halides is 1. The first kappa shape index (κ1) is 17.8. The molecular weight excluding hydrogens is 364 g/mol. The molecule has 4 saturated carbocycles. The van der Waals surface area contributed by atoms with Crippen molar-refractivity contribution in [2.24, 2.45) is 40.4 Å². The van der Waals surface area contributed by atoms with Crippen molar-refractivity contribution in [1.29, 1.82) is 0 Å². The minimum atomic E-state index is -0.556. The Hall–Kier alpha value is 0.400. The Morgan fingerprint density at radius 2 is 1.88 bits per heavy atom. The number of hydrogen-bond donors (Lipinski definition) is 1. The zero-order valence-corrected chi connectivity index (χ0v) is 17.6. The van der Waals surface area contributed by atoms with Gasteiger partial charge in [0.2, 0.25) is 0 Å². The Balaban J connectivity index is 1.82. The van der Waals surface area contributed by atoms with Crippen LogP contribution in [0.5, 0.6) is 0 Å². The lowest BCUT2D eigenvalue weighted by atomic mass is 9.43. The number of ether oxygens (including phenoxy) is 1. The number of rotatable bonds is 2. The summed E-state index contributed by atoms with van der Waals surface area (Å²) in [5, 5.41) is 11.5. The number of aliphatic hydroxyl groups is 1. The van der Waals surface area contributed by atoms with E-state index in [1.54, 1.807) is 0 Å². The van der Waals surface area contributed by atoms with Crippen LogP contribution < -0.4 is 0 Å². The van der Waals surface area contributed by atoms with Crippen molar-refractivity contribution in [1.82, 2.24) is 0 Å². The van der Waals surface area contributed by atoms with E-state index in [9.17, 15) is 5.11 Å². The van der Waals surface area contributed by atoms with E-state index in [4.69, 9.17) is 4.74 Å². The summed E-state index contributed by atoms with van der Waals surface area (Å²) in [5.74, 6) is 3.15. The van der Waals surface area contributed by atoms with Gasteiger partial charge in [-0.05, 0) is 85.9 Å². The molecule has 2 bridgehead atoms. The molecule has 4 aliphatic rings. The molecule has 2 nitrogen and oxygen atoms in total. The van der Waals surface area contributed by atoms with E-state index in [1.165, 1.54) is 25.7 Å². The van der Waals surface area contributed by atoms with E-state index in [0.717, 1.165) is 24.7 Å². The van der Waals surface area contributed by atoms with Crippen LogP contribution in [0.25, 0.3) is 0 Å². The topological polar surface area (TPSA) is 29.5 Å². The van der Waals surface area contributed by atoms with E-state index < -0.39 is 5.60 Å². The van der Waals surface area contributed by atoms with Crippen molar-refractivity contribution in [2.75, 3.05) is 7.11 Å². The Bertz CT molecular complexity index is 518. The van der Waals surface area contributed by atoms with Crippen LogP contribution in [0.3, 0.4) is 0 Å². The zero-order valence-electron chi connectivity index (χ0n) is 16.0. The molecule has 0 aromatic carbocycles. The first-order valence-corrected chi connectivity index (χ1v) is 11.0. The summed E-state index contributed by atoms with van der Waals surface area (Å²) in [7, 11) is 1.92. The van der Waals surface area contributed by atoms with Gasteiger partial charge in [-0.1, -0.05) is 36.7 Å². The maximum Gasteiger partial charge on any atom is 0.0657 e. The molecule has 1 N–H and O–H groups in total. The summed E-state index contributed by atoms with van der Waals surface area (Å²) in [6.07, 6.45) is 7.64. The van der Waals surface area contributed by atoms with Gasteiger partial charge < -0.3 is 9.84 Å². The third-order valence-corrected chi connectivity index (χ3v) is 10.5. The van der Waals surface area contributed by atoms with Gasteiger partial charge in [0.15, 0.2) is 0 Å². The molecule has 4 fully saturated rings. The molecule has 0 saturated heterocycles. The summed E-state index contributed by atoms with van der Waals surface area (Å²) in [4.78, 5) is 0.529. The van der Waals surface area contributed by atoms with Gasteiger partial charge in [0, 0.05) is 11.9 Å². The van der Waals surface area contributed by atoms with Crippen molar-refractivity contribution in [2.45, 2.75) is 82.8 Å². The normalized spacial score (nSPS) is 59.5. The molecule has 1 spiro atoms. The largest absolute Gasteiger partial charge is 0.390 e. The van der Waals surface area contributed by atoms with Crippen LogP contribution in [0.1, 0.15) is 66.2 Å². The monoisotopic (exact) mass is 398 g/mol. The fourth-order valence-corrected chi connectivity index (χ4v) is 8.95. The minimum Gasteiger partial charge on any atom is -0.390 e. The van der Waals surface area contributed by atoms with E-state index >= 15 is 0 Å². The first-order chi connectivity index (χ1) is 11.2. The van der Waals surface area contributed by atoms with Crippen LogP contribution in [-0.2, 0) is 4.74 Å². The van der Waals surface area contributed by atoms with Crippen molar-refractivity contribution >= 4 is 15.9 Å². The standard InChI is InChI=1S/C21H35BrO2/c1-12(2)14-10-13-11-21(14)9-8-19(3)15(22)6-7-20(4,23)18(19)16(21)17(13)24-5/h12-18,23H,6-11H2,1-5H3/t13-,14-,15-,16-,17-,18-,19+,20+,21-/m1/s1. The highest BCUT2D eigenvalue weighted by atomic mass is 79.9. The van der Waals surface area contributed by atoms with Crippen LogP contribution in [-0.4, -0.2) is 28.7 Å². The van der Waals surface area contributed by atoms with Crippen molar-refractivity contribution < 1.29 is 9.84 Å². The molecular formula is C21H35BrO2. The third-order valence-electron chi connectivity index (χ3n) is 8.98. The van der Waals surface area contributed by atoms with Gasteiger partial charge in [0.05, 0.1) is 11.7 Å². The van der Waals surface area contributed by atoms with Gasteiger partial charge in [0.1, 0.15) is 0 Å². The Morgan fingerprint density at radius 3 is 2.50 bits per heavy atom. The van der Waals surface area contributed by atoms with Crippen LogP contribution in [0, 0.1) is 40.4 Å². The molecule has 24 heavy (non-hydrogen) atoms. The van der Waals surface area contributed by atoms with E-state index in [0.29, 0.717) is 34.1 Å². The molecule has 0 unspecified atom stereocenters. The number of halogens is 1. The molecule has 0 aliphatic heterocycles. The lowest BCUT2D eigenvalue weighted by molar-refractivity contribution is -0.208. The predicted octanol–water partition coefficient (Wildman–Crippen LogP) is 5.02. The number of methoxy groups -OCH3 is 1. The fraction of sp³-hybridized carbons (Fsp3) is 1.00. The van der Waals surface area contributed by atoms with Crippen LogP contribution in [0.4, 0.5) is 0 Å². The summed E-state index contributed by atoms with van der Waals surface area (Å²) < 4.78 is 6.13. The minimum absolute atomic E-state index is 0.195. The molecule has 138 valence electrons. The lowest BCUT2D eigenvalue weighted by Crippen LogP contribution is -2.64. The highest BCUT2D eigenvalue weighted by molar-refractivity contribution is 9.09. The van der Waals surface area contributed by atoms with Crippen LogP contribution in [0.2, 0.25) is 0 Å². The van der Waals surface area contributed by atoms with Gasteiger partial charge >= 0.3 is 0 Å². The lowest BCUT2D eigenvalue weighted by Gasteiger charge is -2.64. The molecule has 0 aromatic rings. The highest BCUT2D eigenvalue weighted by Crippen LogP contribution is 2.74. The van der Waals surface area contributed by atoms with Crippen molar-refractivity contribution in [3.63, 3.8) is 0 Å². The quantitative estimate of drug-likeness (QED) is 0.661. The van der Waals surface area contributed by atoms with Crippen molar-refractivity contribution in [3.8, 4) is 0 Å². The van der Waals surface area contributed by atoms with Gasteiger partial charge in [0.25, 0.3) is 0 Å². The summed E-state index contributed by atoms with van der Waals surface area (Å²) in [6, 6.07) is 0. The first-order valence-electron chi connectivity index (χ1n) is 10.1. The van der Waals surface area contributed by atoms with Crippen LogP contribution >= 0.6 is 15.9 Å². The van der Waals surface area contributed by atoms with E-state index in [1.807, 2.05) is 7.11 Å². The fourth-order valence-electron chi connectivity index (χ4n) is 8.21. The molecule has 0 amide bonds. The van der Waals surface area contributed by atoms with Gasteiger partial charge in [-0.25, -0.2) is 0 Å². The second kappa shape index (κ2) is 5.45. The van der Waals surface area contributed by atoms with Gasteiger partial charge in [-0.15, -0.1) is 0 Å². The summed E-state index contributed by atoms with van der Waals surface area (Å²) in [6.45, 7) is 9.40. The van der Waals surface area contributed by atoms with Gasteiger partial charge in [-0.2, -0.15) is 0 Å². The molecule has 9 atom stereocenters. The molecule has 0 radical (unpaired) electrons. The summed E-state index contributed by atoms with van der Waals surface area (Å²) in [5.41, 5.74) is 0.0537. The second-order valence-electron chi connectivity index (χ2n) is 10.4. The van der Waals surface area contributed by atoms with Gasteiger partial charge in [-0.3, -0.25) is 0 Å². The Kier molecular flexibility index (Phi) is 4.04. The smallest absolute Gasteiger partial charge is 0.0657 e. The molecule has 0 aromatic heterocycles. The predicted molar refractivity (Wildman–Crippen MR) is 101 cm³/mol. The SMILES string of the molecule is CO[C@@H]1[C@@H]2C[C@H](C(C)C)[C@@]3(CC[C@@]4(C)[C@H](Br)CC[C@](C)(O)[C@@H]4[C@@H]13)C2. The average Bonchev–Trinajstić information content (AvgIpc) is 3.03. The van der Waals surface area contributed by atoms with E-state index in [2.05, 4.69) is 43.6 Å². The highest BCUT2D eigenvalue weighted by Gasteiger charge is 2.72. The molecule has 3 heteroatoms. The van der Waals surface area contributed by atoms with E-state index in [-0.39, 0.29) is 5.41 Å². The molecule has 0 heterocycles. The third kappa shape index (κ3) is 2.07.